The summed E-state index contributed by atoms with van der Waals surface area (Å²) in [7, 11) is 0. The van der Waals surface area contributed by atoms with Crippen LogP contribution in [0.2, 0.25) is 0 Å². The standard InChI is InChI=1S/C16H18N4O3/c21-14-8-7-13(19-20-14)15(22)18-10-11-4-3-9-17-16(11)23-12-5-1-2-6-12/h3-4,7-9,12H,1-2,5-6,10H2,(H,18,22)(H,20,21). The van der Waals surface area contributed by atoms with Crippen molar-refractivity contribution in [1.82, 2.24) is 20.5 Å². The topological polar surface area (TPSA) is 97.0 Å². The summed E-state index contributed by atoms with van der Waals surface area (Å²) in [6.07, 6.45) is 6.34. The van der Waals surface area contributed by atoms with Gasteiger partial charge >= 0.3 is 0 Å². The van der Waals surface area contributed by atoms with E-state index in [1.54, 1.807) is 12.3 Å². The smallest absolute Gasteiger partial charge is 0.271 e. The second kappa shape index (κ2) is 7.04. The molecular formula is C16H18N4O3. The Kier molecular flexibility index (Phi) is 4.65. The van der Waals surface area contributed by atoms with Crippen molar-refractivity contribution in [2.24, 2.45) is 0 Å². The molecule has 0 saturated heterocycles. The average Bonchev–Trinajstić information content (AvgIpc) is 3.07. The monoisotopic (exact) mass is 314 g/mol. The summed E-state index contributed by atoms with van der Waals surface area (Å²) in [4.78, 5) is 27.3. The van der Waals surface area contributed by atoms with E-state index >= 15 is 0 Å². The maximum atomic E-state index is 12.0. The van der Waals surface area contributed by atoms with Gasteiger partial charge in [0.2, 0.25) is 5.88 Å². The summed E-state index contributed by atoms with van der Waals surface area (Å²) in [5, 5.41) is 8.69. The van der Waals surface area contributed by atoms with Gasteiger partial charge in [0.15, 0.2) is 0 Å². The van der Waals surface area contributed by atoms with Gasteiger partial charge in [-0.2, -0.15) is 5.10 Å². The quantitative estimate of drug-likeness (QED) is 0.870. The number of aromatic nitrogens is 3. The Hall–Kier alpha value is -2.70. The van der Waals surface area contributed by atoms with Gasteiger partial charge < -0.3 is 10.1 Å². The van der Waals surface area contributed by atoms with Crippen LogP contribution >= 0.6 is 0 Å². The van der Waals surface area contributed by atoms with E-state index in [1.807, 2.05) is 6.07 Å². The molecule has 1 amide bonds. The molecule has 0 unspecified atom stereocenters. The third kappa shape index (κ3) is 3.94. The molecule has 1 fully saturated rings. The molecule has 23 heavy (non-hydrogen) atoms. The number of hydrogen-bond donors (Lipinski definition) is 2. The second-order valence-electron chi connectivity index (χ2n) is 5.48. The van der Waals surface area contributed by atoms with E-state index in [2.05, 4.69) is 20.5 Å². The maximum absolute atomic E-state index is 12.0. The Labute approximate surface area is 133 Å². The molecule has 0 aromatic carbocycles. The molecule has 2 aromatic heterocycles. The van der Waals surface area contributed by atoms with Gasteiger partial charge in [-0.15, -0.1) is 0 Å². The van der Waals surface area contributed by atoms with E-state index in [0.29, 0.717) is 5.88 Å². The summed E-state index contributed by atoms with van der Waals surface area (Å²) in [5.74, 6) is 0.200. The SMILES string of the molecule is O=C(NCc1cccnc1OC1CCCC1)c1ccc(=O)[nH]n1. The largest absolute Gasteiger partial charge is 0.474 e. The first-order valence-electron chi connectivity index (χ1n) is 7.67. The van der Waals surface area contributed by atoms with Gasteiger partial charge in [0.05, 0.1) is 0 Å². The lowest BCUT2D eigenvalue weighted by Crippen LogP contribution is -2.26. The number of ether oxygens (including phenoxy) is 1. The molecule has 0 atom stereocenters. The lowest BCUT2D eigenvalue weighted by Gasteiger charge is -2.15. The number of nitrogens with one attached hydrogen (secondary N) is 2. The van der Waals surface area contributed by atoms with Gasteiger partial charge in [0.1, 0.15) is 11.8 Å². The van der Waals surface area contributed by atoms with Crippen LogP contribution in [-0.4, -0.2) is 27.2 Å². The van der Waals surface area contributed by atoms with E-state index in [1.165, 1.54) is 25.0 Å². The lowest BCUT2D eigenvalue weighted by molar-refractivity contribution is 0.0944. The van der Waals surface area contributed by atoms with Crippen molar-refractivity contribution in [3.8, 4) is 5.88 Å². The highest BCUT2D eigenvalue weighted by Crippen LogP contribution is 2.24. The molecule has 1 aliphatic rings. The third-order valence-electron chi connectivity index (χ3n) is 3.78. The fraction of sp³-hybridized carbons (Fsp3) is 0.375. The molecule has 0 radical (unpaired) electrons. The molecular weight excluding hydrogens is 296 g/mol. The first-order chi connectivity index (χ1) is 11.2. The van der Waals surface area contributed by atoms with Crippen LogP contribution in [0, 0.1) is 0 Å². The van der Waals surface area contributed by atoms with Crippen LogP contribution in [0.4, 0.5) is 0 Å². The Morgan fingerprint density at radius 2 is 2.13 bits per heavy atom. The van der Waals surface area contributed by atoms with Crippen LogP contribution in [-0.2, 0) is 6.54 Å². The van der Waals surface area contributed by atoms with E-state index in [-0.39, 0.29) is 29.8 Å². The van der Waals surface area contributed by atoms with Crippen molar-refractivity contribution in [3.63, 3.8) is 0 Å². The van der Waals surface area contributed by atoms with Crippen molar-refractivity contribution in [2.75, 3.05) is 0 Å². The molecule has 2 aromatic rings. The summed E-state index contributed by atoms with van der Waals surface area (Å²) in [6.45, 7) is 0.287. The molecule has 0 bridgehead atoms. The summed E-state index contributed by atoms with van der Waals surface area (Å²) in [6, 6.07) is 6.33. The molecule has 3 rings (SSSR count). The van der Waals surface area contributed by atoms with E-state index in [4.69, 9.17) is 4.74 Å². The molecule has 1 aliphatic carbocycles. The number of amides is 1. The number of carbonyl (C=O) groups is 1. The number of pyridine rings is 1. The minimum absolute atomic E-state index is 0.159. The van der Waals surface area contributed by atoms with Crippen molar-refractivity contribution in [1.29, 1.82) is 0 Å². The number of H-pyrrole nitrogens is 1. The highest BCUT2D eigenvalue weighted by atomic mass is 16.5. The number of nitrogens with zero attached hydrogens (tertiary/aromatic N) is 2. The van der Waals surface area contributed by atoms with Gasteiger partial charge in [-0.3, -0.25) is 9.59 Å². The van der Waals surface area contributed by atoms with Crippen molar-refractivity contribution >= 4 is 5.91 Å². The van der Waals surface area contributed by atoms with Gasteiger partial charge in [0.25, 0.3) is 11.5 Å². The molecule has 1 saturated carbocycles. The van der Waals surface area contributed by atoms with Gasteiger partial charge in [-0.05, 0) is 37.8 Å². The van der Waals surface area contributed by atoms with Crippen LogP contribution in [0.3, 0.4) is 0 Å². The summed E-state index contributed by atoms with van der Waals surface area (Å²) in [5.41, 5.74) is 0.630. The normalized spacial score (nSPS) is 14.6. The zero-order valence-electron chi connectivity index (χ0n) is 12.6. The van der Waals surface area contributed by atoms with E-state index in [0.717, 1.165) is 18.4 Å². The van der Waals surface area contributed by atoms with Crippen molar-refractivity contribution in [2.45, 2.75) is 38.3 Å². The molecule has 0 spiro atoms. The predicted molar refractivity (Wildman–Crippen MR) is 83.1 cm³/mol. The Bertz CT molecular complexity index is 718. The minimum Gasteiger partial charge on any atom is -0.474 e. The number of aromatic amines is 1. The number of hydrogen-bond acceptors (Lipinski definition) is 5. The fourth-order valence-electron chi connectivity index (χ4n) is 2.57. The third-order valence-corrected chi connectivity index (χ3v) is 3.78. The van der Waals surface area contributed by atoms with Crippen molar-refractivity contribution in [3.05, 3.63) is 52.1 Å². The van der Waals surface area contributed by atoms with E-state index in [9.17, 15) is 9.59 Å². The van der Waals surface area contributed by atoms with Crippen LogP contribution in [0.25, 0.3) is 0 Å². The second-order valence-corrected chi connectivity index (χ2v) is 5.48. The summed E-state index contributed by atoms with van der Waals surface area (Å²) >= 11 is 0. The summed E-state index contributed by atoms with van der Waals surface area (Å²) < 4.78 is 5.93. The molecule has 2 heterocycles. The van der Waals surface area contributed by atoms with Crippen molar-refractivity contribution < 1.29 is 9.53 Å². The highest BCUT2D eigenvalue weighted by molar-refractivity contribution is 5.91. The van der Waals surface area contributed by atoms with Gasteiger partial charge in [0, 0.05) is 24.4 Å². The van der Waals surface area contributed by atoms with Crippen LogP contribution in [0.1, 0.15) is 41.7 Å². The number of carbonyl (C=O) groups excluding carboxylic acids is 1. The predicted octanol–water partition coefficient (Wildman–Crippen LogP) is 1.42. The molecule has 7 nitrogen and oxygen atoms in total. The lowest BCUT2D eigenvalue weighted by atomic mass is 10.2. The first-order valence-corrected chi connectivity index (χ1v) is 7.67. The molecule has 0 aliphatic heterocycles. The zero-order chi connectivity index (χ0) is 16.1. The van der Waals surface area contributed by atoms with Crippen LogP contribution in [0.15, 0.2) is 35.3 Å². The zero-order valence-corrected chi connectivity index (χ0v) is 12.6. The highest BCUT2D eigenvalue weighted by Gasteiger charge is 2.18. The minimum atomic E-state index is -0.364. The van der Waals surface area contributed by atoms with Crippen LogP contribution < -0.4 is 15.6 Å². The van der Waals surface area contributed by atoms with Gasteiger partial charge in [-0.1, -0.05) is 6.07 Å². The first kappa shape index (κ1) is 15.2. The Morgan fingerprint density at radius 3 is 2.87 bits per heavy atom. The Morgan fingerprint density at radius 1 is 1.30 bits per heavy atom. The van der Waals surface area contributed by atoms with Crippen LogP contribution in [0.5, 0.6) is 5.88 Å². The number of rotatable bonds is 5. The Balaban J connectivity index is 1.64. The molecule has 120 valence electrons. The average molecular weight is 314 g/mol. The maximum Gasteiger partial charge on any atom is 0.271 e. The molecule has 7 heteroatoms. The van der Waals surface area contributed by atoms with E-state index < -0.39 is 0 Å². The van der Waals surface area contributed by atoms with Gasteiger partial charge in [-0.25, -0.2) is 10.1 Å². The molecule has 2 N–H and O–H groups in total. The fourth-order valence-corrected chi connectivity index (χ4v) is 2.57.